The highest BCUT2D eigenvalue weighted by Crippen LogP contribution is 2.08. The van der Waals surface area contributed by atoms with Crippen LogP contribution in [0.4, 0.5) is 0 Å². The normalized spacial score (nSPS) is 10.4. The lowest BCUT2D eigenvalue weighted by atomic mass is 10.1. The quantitative estimate of drug-likeness (QED) is 0.439. The van der Waals surface area contributed by atoms with E-state index in [2.05, 4.69) is 10.2 Å². The van der Waals surface area contributed by atoms with Gasteiger partial charge >= 0.3 is 5.97 Å². The molecule has 0 fully saturated rings. The van der Waals surface area contributed by atoms with Crippen LogP contribution in [0.3, 0.4) is 0 Å². The summed E-state index contributed by atoms with van der Waals surface area (Å²) < 4.78 is 4.85. The molecule has 0 saturated heterocycles. The molecule has 0 spiro atoms. The van der Waals surface area contributed by atoms with Crippen molar-refractivity contribution in [3.63, 3.8) is 0 Å². The van der Waals surface area contributed by atoms with Gasteiger partial charge in [0, 0.05) is 26.4 Å². The summed E-state index contributed by atoms with van der Waals surface area (Å²) in [7, 11) is 3.57. The highest BCUT2D eigenvalue weighted by molar-refractivity contribution is 6.09. The van der Waals surface area contributed by atoms with Gasteiger partial charge in [0.25, 0.3) is 0 Å². The number of rotatable bonds is 5. The van der Waals surface area contributed by atoms with Gasteiger partial charge in [-0.1, -0.05) is 0 Å². The number of allylic oxidation sites excluding steroid dienone is 1. The molecule has 0 aromatic carbocycles. The first kappa shape index (κ1) is 13.8. The van der Waals surface area contributed by atoms with Crippen molar-refractivity contribution in [3.8, 4) is 0 Å². The third kappa shape index (κ3) is 3.65. The van der Waals surface area contributed by atoms with Crippen molar-refractivity contribution >= 4 is 11.8 Å². The average molecular weight is 249 g/mol. The number of ketones is 1. The second-order valence-electron chi connectivity index (χ2n) is 3.66. The number of esters is 1. The van der Waals surface area contributed by atoms with E-state index < -0.39 is 5.97 Å². The first-order valence-electron chi connectivity index (χ1n) is 5.44. The zero-order valence-electron chi connectivity index (χ0n) is 10.6. The lowest BCUT2D eigenvalue weighted by molar-refractivity contribution is 0.0522. The Hall–Kier alpha value is -2.24. The standard InChI is InChI=1S/C12H15N3O3/c1-4-18-12(17)9-5-7-13-14-11(9)10(16)6-8-15(2)3/h5-8H,4H2,1-3H3/b8-6+. The summed E-state index contributed by atoms with van der Waals surface area (Å²) in [5.41, 5.74) is 0.120. The Morgan fingerprint density at radius 2 is 2.17 bits per heavy atom. The molecule has 0 amide bonds. The molecule has 0 radical (unpaired) electrons. The van der Waals surface area contributed by atoms with Crippen molar-refractivity contribution in [2.24, 2.45) is 0 Å². The smallest absolute Gasteiger partial charge is 0.340 e. The predicted molar refractivity (Wildman–Crippen MR) is 65.1 cm³/mol. The predicted octanol–water partition coefficient (Wildman–Crippen LogP) is 0.911. The minimum absolute atomic E-state index is 0.00551. The molecule has 0 unspecified atom stereocenters. The van der Waals surface area contributed by atoms with Crippen LogP contribution in [0.1, 0.15) is 27.8 Å². The minimum atomic E-state index is -0.575. The zero-order valence-corrected chi connectivity index (χ0v) is 10.6. The molecule has 1 aromatic heterocycles. The van der Waals surface area contributed by atoms with Gasteiger partial charge < -0.3 is 9.64 Å². The molecule has 1 rings (SSSR count). The van der Waals surface area contributed by atoms with Crippen LogP contribution in [-0.4, -0.2) is 47.6 Å². The van der Waals surface area contributed by atoms with E-state index >= 15 is 0 Å². The molecule has 0 N–H and O–H groups in total. The van der Waals surface area contributed by atoms with Gasteiger partial charge in [-0.2, -0.15) is 5.10 Å². The van der Waals surface area contributed by atoms with Crippen LogP contribution in [0.15, 0.2) is 24.5 Å². The Morgan fingerprint density at radius 1 is 1.44 bits per heavy atom. The van der Waals surface area contributed by atoms with Crippen LogP contribution >= 0.6 is 0 Å². The monoisotopic (exact) mass is 249 g/mol. The number of ether oxygens (including phenoxy) is 1. The van der Waals surface area contributed by atoms with E-state index in [-0.39, 0.29) is 23.6 Å². The van der Waals surface area contributed by atoms with Gasteiger partial charge in [0.1, 0.15) is 5.69 Å². The van der Waals surface area contributed by atoms with Crippen LogP contribution in [0.2, 0.25) is 0 Å². The lowest BCUT2D eigenvalue weighted by Crippen LogP contribution is -2.14. The first-order chi connectivity index (χ1) is 8.56. The largest absolute Gasteiger partial charge is 0.462 e. The Morgan fingerprint density at radius 3 is 2.78 bits per heavy atom. The molecule has 0 bridgehead atoms. The van der Waals surface area contributed by atoms with Gasteiger partial charge in [-0.3, -0.25) is 4.79 Å². The van der Waals surface area contributed by atoms with Crippen molar-refractivity contribution < 1.29 is 14.3 Å². The van der Waals surface area contributed by atoms with Crippen LogP contribution < -0.4 is 0 Å². The Kier molecular flexibility index (Phi) is 4.98. The molecular formula is C12H15N3O3. The van der Waals surface area contributed by atoms with Gasteiger partial charge in [-0.15, -0.1) is 5.10 Å². The van der Waals surface area contributed by atoms with Crippen molar-refractivity contribution in [2.75, 3.05) is 20.7 Å². The summed E-state index contributed by atoms with van der Waals surface area (Å²) in [5.74, 6) is -0.964. The van der Waals surface area contributed by atoms with E-state index in [1.165, 1.54) is 18.3 Å². The number of carbonyl (C=O) groups is 2. The van der Waals surface area contributed by atoms with Gasteiger partial charge in [-0.25, -0.2) is 4.79 Å². The highest BCUT2D eigenvalue weighted by Gasteiger charge is 2.18. The van der Waals surface area contributed by atoms with E-state index in [1.807, 2.05) is 0 Å². The Bertz CT molecular complexity index is 469. The second-order valence-corrected chi connectivity index (χ2v) is 3.66. The van der Waals surface area contributed by atoms with E-state index in [9.17, 15) is 9.59 Å². The fourth-order valence-electron chi connectivity index (χ4n) is 1.18. The van der Waals surface area contributed by atoms with Crippen molar-refractivity contribution in [2.45, 2.75) is 6.92 Å². The first-order valence-corrected chi connectivity index (χ1v) is 5.44. The fourth-order valence-corrected chi connectivity index (χ4v) is 1.18. The third-order valence-electron chi connectivity index (χ3n) is 1.97. The lowest BCUT2D eigenvalue weighted by Gasteiger charge is -2.05. The molecule has 96 valence electrons. The summed E-state index contributed by atoms with van der Waals surface area (Å²) in [5, 5.41) is 7.30. The fraction of sp³-hybridized carbons (Fsp3) is 0.333. The maximum absolute atomic E-state index is 11.9. The molecule has 6 heteroatoms. The Balaban J connectivity index is 3.02. The van der Waals surface area contributed by atoms with E-state index in [1.54, 1.807) is 32.1 Å². The molecule has 6 nitrogen and oxygen atoms in total. The number of carbonyl (C=O) groups excluding carboxylic acids is 2. The molecule has 1 aromatic rings. The van der Waals surface area contributed by atoms with Crippen LogP contribution in [0, 0.1) is 0 Å². The number of aromatic nitrogens is 2. The topological polar surface area (TPSA) is 72.4 Å². The van der Waals surface area contributed by atoms with Crippen molar-refractivity contribution in [3.05, 3.63) is 35.8 Å². The second kappa shape index (κ2) is 6.48. The van der Waals surface area contributed by atoms with E-state index in [0.29, 0.717) is 0 Å². The molecule has 0 atom stereocenters. The van der Waals surface area contributed by atoms with Gasteiger partial charge in [0.2, 0.25) is 5.78 Å². The van der Waals surface area contributed by atoms with Crippen molar-refractivity contribution in [1.29, 1.82) is 0 Å². The van der Waals surface area contributed by atoms with Gasteiger partial charge in [-0.05, 0) is 13.0 Å². The minimum Gasteiger partial charge on any atom is -0.462 e. The van der Waals surface area contributed by atoms with Gasteiger partial charge in [0.05, 0.1) is 18.4 Å². The summed E-state index contributed by atoms with van der Waals surface area (Å²) in [6.07, 6.45) is 4.25. The Labute approximate surface area is 105 Å². The summed E-state index contributed by atoms with van der Waals surface area (Å²) in [4.78, 5) is 25.2. The molecule has 0 aliphatic carbocycles. The maximum atomic E-state index is 11.9. The summed E-state index contributed by atoms with van der Waals surface area (Å²) in [6, 6.07) is 1.42. The summed E-state index contributed by atoms with van der Waals surface area (Å²) >= 11 is 0. The molecule has 0 aliphatic heterocycles. The molecule has 18 heavy (non-hydrogen) atoms. The van der Waals surface area contributed by atoms with E-state index in [4.69, 9.17) is 4.74 Å². The zero-order chi connectivity index (χ0) is 13.5. The van der Waals surface area contributed by atoms with Gasteiger partial charge in [0.15, 0.2) is 0 Å². The third-order valence-corrected chi connectivity index (χ3v) is 1.97. The van der Waals surface area contributed by atoms with Crippen LogP contribution in [-0.2, 0) is 4.74 Å². The SMILES string of the molecule is CCOC(=O)c1ccnnc1C(=O)/C=C/N(C)C. The maximum Gasteiger partial charge on any atom is 0.340 e. The molecule has 0 saturated carbocycles. The van der Waals surface area contributed by atoms with Crippen LogP contribution in [0.5, 0.6) is 0 Å². The molecule has 0 aliphatic rings. The number of hydrogen-bond acceptors (Lipinski definition) is 6. The molecule has 1 heterocycles. The van der Waals surface area contributed by atoms with Crippen molar-refractivity contribution in [1.82, 2.24) is 15.1 Å². The highest BCUT2D eigenvalue weighted by atomic mass is 16.5. The number of nitrogens with zero attached hydrogens (tertiary/aromatic N) is 3. The van der Waals surface area contributed by atoms with E-state index in [0.717, 1.165) is 0 Å². The number of hydrogen-bond donors (Lipinski definition) is 0. The average Bonchev–Trinajstić information content (AvgIpc) is 2.36. The summed E-state index contributed by atoms with van der Waals surface area (Å²) in [6.45, 7) is 1.93. The van der Waals surface area contributed by atoms with Crippen LogP contribution in [0.25, 0.3) is 0 Å². The molecular weight excluding hydrogens is 234 g/mol.